The lowest BCUT2D eigenvalue weighted by Crippen LogP contribution is -2.33. The topological polar surface area (TPSA) is 40.6 Å². The first kappa shape index (κ1) is 31.9. The van der Waals surface area contributed by atoms with Gasteiger partial charge in [0.05, 0.1) is 10.6 Å². The molecule has 4 nitrogen and oxygen atoms in total. The van der Waals surface area contributed by atoms with E-state index in [0.717, 1.165) is 82.0 Å². The molecule has 0 radical (unpaired) electrons. The van der Waals surface area contributed by atoms with E-state index < -0.39 is 9.84 Å². The highest BCUT2D eigenvalue weighted by atomic mass is 35.5. The SMILES string of the molecule is Cl.Cl.O=S(=O)(CCC1CCN(Cc2ccccc2Cl)CC1)c1ccc2c(c1)CCN(Cc1ccccc1)CC2. The van der Waals surface area contributed by atoms with Crippen molar-refractivity contribution in [3.8, 4) is 0 Å². The van der Waals surface area contributed by atoms with Gasteiger partial charge in [-0.3, -0.25) is 9.80 Å². The third-order valence-corrected chi connectivity index (χ3v) is 10.1. The molecule has 0 aromatic heterocycles. The molecule has 1 fully saturated rings. The lowest BCUT2D eigenvalue weighted by atomic mass is 9.94. The van der Waals surface area contributed by atoms with Gasteiger partial charge in [0.1, 0.15) is 0 Å². The first-order valence-corrected chi connectivity index (χ1v) is 15.6. The Morgan fingerprint density at radius 3 is 2.10 bits per heavy atom. The quantitative estimate of drug-likeness (QED) is 0.280. The van der Waals surface area contributed by atoms with Gasteiger partial charge in [0.15, 0.2) is 9.84 Å². The van der Waals surface area contributed by atoms with Crippen LogP contribution in [0.25, 0.3) is 0 Å². The first-order chi connectivity index (χ1) is 18.0. The molecule has 0 aliphatic carbocycles. The summed E-state index contributed by atoms with van der Waals surface area (Å²) in [6, 6.07) is 24.4. The zero-order valence-corrected chi connectivity index (χ0v) is 25.5. The van der Waals surface area contributed by atoms with Gasteiger partial charge in [-0.1, -0.05) is 66.2 Å². The number of halogens is 3. The minimum atomic E-state index is -3.28. The van der Waals surface area contributed by atoms with Crippen LogP contribution >= 0.6 is 36.4 Å². The summed E-state index contributed by atoms with van der Waals surface area (Å²) in [5, 5.41) is 0.820. The maximum absolute atomic E-state index is 13.3. The van der Waals surface area contributed by atoms with Gasteiger partial charge in [-0.15, -0.1) is 24.8 Å². The van der Waals surface area contributed by atoms with Gasteiger partial charge in [0, 0.05) is 31.2 Å². The summed E-state index contributed by atoms with van der Waals surface area (Å²) in [5.41, 5.74) is 4.98. The van der Waals surface area contributed by atoms with E-state index in [2.05, 4.69) is 52.3 Å². The highest BCUT2D eigenvalue weighted by molar-refractivity contribution is 7.91. The standard InChI is InChI=1S/C31H37ClN2O2S.2ClH/c32-31-9-5-4-8-29(31)24-34-17-12-25(13-18-34)16-21-37(35,36)30-11-10-27-14-19-33(20-15-28(27)22-30)23-26-6-2-1-3-7-26;;/h1-11,22,25H,12-21,23-24H2;2*1H. The van der Waals surface area contributed by atoms with Gasteiger partial charge in [0.2, 0.25) is 0 Å². The third-order valence-electron chi connectivity index (χ3n) is 8.03. The summed E-state index contributed by atoms with van der Waals surface area (Å²) >= 11 is 6.33. The zero-order chi connectivity index (χ0) is 25.7. The highest BCUT2D eigenvalue weighted by Gasteiger charge is 2.24. The molecule has 3 aromatic carbocycles. The average Bonchev–Trinajstić information content (AvgIpc) is 3.12. The zero-order valence-electron chi connectivity index (χ0n) is 22.3. The number of benzene rings is 3. The minimum absolute atomic E-state index is 0. The van der Waals surface area contributed by atoms with Crippen LogP contribution in [0.5, 0.6) is 0 Å². The number of likely N-dealkylation sites (tertiary alicyclic amines) is 1. The molecule has 0 saturated carbocycles. The summed E-state index contributed by atoms with van der Waals surface area (Å²) in [6.45, 7) is 5.75. The monoisotopic (exact) mass is 608 g/mol. The number of rotatable bonds is 8. The molecule has 2 aliphatic heterocycles. The second-order valence-electron chi connectivity index (χ2n) is 10.6. The molecule has 212 valence electrons. The fourth-order valence-corrected chi connectivity index (χ4v) is 7.35. The Bertz CT molecular complexity index is 1300. The van der Waals surface area contributed by atoms with Crippen molar-refractivity contribution in [1.29, 1.82) is 0 Å². The predicted molar refractivity (Wildman–Crippen MR) is 166 cm³/mol. The normalized spacial score (nSPS) is 16.9. The van der Waals surface area contributed by atoms with Crippen LogP contribution in [0, 0.1) is 5.92 Å². The Kier molecular flexibility index (Phi) is 12.2. The number of piperidine rings is 1. The fraction of sp³-hybridized carbons (Fsp3) is 0.419. The second kappa shape index (κ2) is 14.9. The van der Waals surface area contributed by atoms with Crippen LogP contribution in [0.4, 0.5) is 0 Å². The fourth-order valence-electron chi connectivity index (χ4n) is 5.68. The van der Waals surface area contributed by atoms with Crippen molar-refractivity contribution in [2.24, 2.45) is 5.92 Å². The van der Waals surface area contributed by atoms with E-state index in [1.165, 1.54) is 16.7 Å². The van der Waals surface area contributed by atoms with Crippen molar-refractivity contribution in [3.63, 3.8) is 0 Å². The molecule has 0 atom stereocenters. The Labute approximate surface area is 251 Å². The molecule has 0 N–H and O–H groups in total. The maximum Gasteiger partial charge on any atom is 0.178 e. The molecule has 0 unspecified atom stereocenters. The van der Waals surface area contributed by atoms with Crippen LogP contribution < -0.4 is 0 Å². The van der Waals surface area contributed by atoms with Crippen molar-refractivity contribution in [3.05, 3.63) is 100 Å². The van der Waals surface area contributed by atoms with Gasteiger partial charge >= 0.3 is 0 Å². The number of nitrogens with zero attached hydrogens (tertiary/aromatic N) is 2. The van der Waals surface area contributed by atoms with E-state index >= 15 is 0 Å². The van der Waals surface area contributed by atoms with Gasteiger partial charge in [-0.05, 0) is 91.6 Å². The van der Waals surface area contributed by atoms with Crippen LogP contribution in [0.2, 0.25) is 5.02 Å². The average molecular weight is 610 g/mol. The molecule has 0 spiro atoms. The summed E-state index contributed by atoms with van der Waals surface area (Å²) < 4.78 is 26.5. The Balaban J connectivity index is 0.00000210. The molecule has 0 amide bonds. The molecule has 3 aromatic rings. The largest absolute Gasteiger partial charge is 0.299 e. The van der Waals surface area contributed by atoms with Crippen LogP contribution in [-0.4, -0.2) is 50.1 Å². The van der Waals surface area contributed by atoms with Gasteiger partial charge < -0.3 is 0 Å². The van der Waals surface area contributed by atoms with E-state index in [-0.39, 0.29) is 30.6 Å². The van der Waals surface area contributed by atoms with Gasteiger partial charge in [0.25, 0.3) is 0 Å². The van der Waals surface area contributed by atoms with Crippen LogP contribution in [0.3, 0.4) is 0 Å². The molecule has 8 heteroatoms. The number of hydrogen-bond donors (Lipinski definition) is 0. The number of sulfone groups is 1. The first-order valence-electron chi connectivity index (χ1n) is 13.5. The van der Waals surface area contributed by atoms with E-state index in [1.54, 1.807) is 0 Å². The molecule has 2 heterocycles. The minimum Gasteiger partial charge on any atom is -0.299 e. The molecule has 2 aliphatic rings. The Morgan fingerprint density at radius 2 is 1.38 bits per heavy atom. The third kappa shape index (κ3) is 8.69. The molecule has 5 rings (SSSR count). The summed E-state index contributed by atoms with van der Waals surface area (Å²) in [7, 11) is -3.28. The number of hydrogen-bond acceptors (Lipinski definition) is 4. The van der Waals surface area contributed by atoms with Crippen LogP contribution in [-0.2, 0) is 35.8 Å². The highest BCUT2D eigenvalue weighted by Crippen LogP contribution is 2.27. The van der Waals surface area contributed by atoms with E-state index in [9.17, 15) is 8.42 Å². The maximum atomic E-state index is 13.3. The molecular formula is C31H39Cl3N2O2S. The van der Waals surface area contributed by atoms with Crippen molar-refractivity contribution in [2.45, 2.75) is 50.1 Å². The van der Waals surface area contributed by atoms with Crippen molar-refractivity contribution in [2.75, 3.05) is 31.9 Å². The molecular weight excluding hydrogens is 571 g/mol. The summed E-state index contributed by atoms with van der Waals surface area (Å²) in [4.78, 5) is 5.40. The predicted octanol–water partition coefficient (Wildman–Crippen LogP) is 6.86. The van der Waals surface area contributed by atoms with E-state index in [4.69, 9.17) is 11.6 Å². The smallest absolute Gasteiger partial charge is 0.178 e. The van der Waals surface area contributed by atoms with Gasteiger partial charge in [-0.2, -0.15) is 0 Å². The van der Waals surface area contributed by atoms with E-state index in [1.807, 2.05) is 30.3 Å². The Hall–Kier alpha value is -1.60. The lowest BCUT2D eigenvalue weighted by molar-refractivity contribution is 0.175. The summed E-state index contributed by atoms with van der Waals surface area (Å²) in [6.07, 6.45) is 4.69. The van der Waals surface area contributed by atoms with Crippen molar-refractivity contribution < 1.29 is 8.42 Å². The van der Waals surface area contributed by atoms with Crippen molar-refractivity contribution >= 4 is 46.3 Å². The number of fused-ring (bicyclic) bond motifs is 1. The van der Waals surface area contributed by atoms with E-state index in [0.29, 0.717) is 10.8 Å². The van der Waals surface area contributed by atoms with Crippen molar-refractivity contribution in [1.82, 2.24) is 9.80 Å². The van der Waals surface area contributed by atoms with Crippen LogP contribution in [0.15, 0.2) is 77.7 Å². The summed E-state index contributed by atoms with van der Waals surface area (Å²) in [5.74, 6) is 0.700. The second-order valence-corrected chi connectivity index (χ2v) is 13.1. The molecule has 1 saturated heterocycles. The molecule has 0 bridgehead atoms. The Morgan fingerprint density at radius 1 is 0.744 bits per heavy atom. The van der Waals surface area contributed by atoms with Gasteiger partial charge in [-0.25, -0.2) is 8.42 Å². The lowest BCUT2D eigenvalue weighted by Gasteiger charge is -2.32. The van der Waals surface area contributed by atoms with Crippen LogP contribution in [0.1, 0.15) is 41.5 Å². The molecule has 39 heavy (non-hydrogen) atoms.